The third-order valence-electron chi connectivity index (χ3n) is 4.27. The average molecular weight is 333 g/mol. The molecule has 0 atom stereocenters. The monoisotopic (exact) mass is 332 g/mol. The molecule has 6 nitrogen and oxygen atoms in total. The zero-order chi connectivity index (χ0) is 15.0. The van der Waals surface area contributed by atoms with Crippen LogP contribution in [0.4, 0.5) is 0 Å². The maximum atomic E-state index is 12.6. The highest BCUT2D eigenvalue weighted by Crippen LogP contribution is 2.29. The molecular weight excluding hydrogens is 312 g/mol. The third kappa shape index (κ3) is 3.26. The van der Waals surface area contributed by atoms with Gasteiger partial charge in [-0.2, -0.15) is 9.40 Å². The van der Waals surface area contributed by atoms with Crippen molar-refractivity contribution in [3.05, 3.63) is 11.2 Å². The lowest BCUT2D eigenvalue weighted by atomic mass is 10.1. The molecule has 1 N–H and O–H groups in total. The summed E-state index contributed by atoms with van der Waals surface area (Å²) in [5.41, 5.74) is 0. The van der Waals surface area contributed by atoms with Gasteiger partial charge in [0.05, 0.1) is 11.2 Å². The maximum Gasteiger partial charge on any atom is 0.261 e. The largest absolute Gasteiger partial charge is 0.314 e. The molecule has 1 aliphatic heterocycles. The topological polar surface area (TPSA) is 67.2 Å². The number of hydrogen-bond acceptors (Lipinski definition) is 4. The Morgan fingerprint density at radius 3 is 2.52 bits per heavy atom. The molecule has 0 aromatic carbocycles. The van der Waals surface area contributed by atoms with Gasteiger partial charge in [0.2, 0.25) is 0 Å². The van der Waals surface area contributed by atoms with Gasteiger partial charge >= 0.3 is 0 Å². The molecule has 1 aromatic heterocycles. The molecule has 21 heavy (non-hydrogen) atoms. The summed E-state index contributed by atoms with van der Waals surface area (Å²) >= 11 is 5.97. The van der Waals surface area contributed by atoms with Crippen LogP contribution in [0.25, 0.3) is 0 Å². The molecule has 1 aliphatic carbocycles. The van der Waals surface area contributed by atoms with Crippen LogP contribution in [0.15, 0.2) is 11.2 Å². The van der Waals surface area contributed by atoms with Crippen molar-refractivity contribution in [3.63, 3.8) is 0 Å². The highest BCUT2D eigenvalue weighted by molar-refractivity contribution is 7.89. The minimum atomic E-state index is -3.55. The Morgan fingerprint density at radius 1 is 1.33 bits per heavy atom. The smallest absolute Gasteiger partial charge is 0.261 e. The molecule has 2 fully saturated rings. The molecule has 8 heteroatoms. The summed E-state index contributed by atoms with van der Waals surface area (Å²) in [6, 6.07) is 0.430. The number of hydrogen-bond donors (Lipinski definition) is 1. The van der Waals surface area contributed by atoms with E-state index in [2.05, 4.69) is 10.4 Å². The fraction of sp³-hybridized carbons (Fsp3) is 0.769. The van der Waals surface area contributed by atoms with E-state index in [4.69, 9.17) is 11.6 Å². The van der Waals surface area contributed by atoms with E-state index >= 15 is 0 Å². The number of rotatable bonds is 5. The van der Waals surface area contributed by atoms with E-state index in [0.717, 1.165) is 25.3 Å². The summed E-state index contributed by atoms with van der Waals surface area (Å²) in [5, 5.41) is 7.74. The molecule has 0 unspecified atom stereocenters. The van der Waals surface area contributed by atoms with Crippen molar-refractivity contribution >= 4 is 21.6 Å². The van der Waals surface area contributed by atoms with Crippen molar-refractivity contribution in [1.29, 1.82) is 0 Å². The van der Waals surface area contributed by atoms with Crippen LogP contribution in [0.3, 0.4) is 0 Å². The van der Waals surface area contributed by atoms with Gasteiger partial charge in [-0.05, 0) is 38.1 Å². The van der Waals surface area contributed by atoms with Gasteiger partial charge in [-0.3, -0.25) is 4.68 Å². The van der Waals surface area contributed by atoms with Crippen LogP contribution in [-0.4, -0.2) is 48.2 Å². The third-order valence-corrected chi connectivity index (χ3v) is 6.68. The summed E-state index contributed by atoms with van der Waals surface area (Å²) in [4.78, 5) is 0. The second kappa shape index (κ2) is 5.87. The predicted octanol–water partition coefficient (Wildman–Crippen LogP) is 1.23. The van der Waals surface area contributed by atoms with Gasteiger partial charge in [-0.15, -0.1) is 0 Å². The quantitative estimate of drug-likeness (QED) is 0.880. The summed E-state index contributed by atoms with van der Waals surface area (Å²) in [6.07, 6.45) is 5.74. The van der Waals surface area contributed by atoms with Crippen LogP contribution in [0, 0.1) is 5.92 Å². The van der Waals surface area contributed by atoms with Crippen LogP contribution in [0.5, 0.6) is 0 Å². The second-order valence-corrected chi connectivity index (χ2v) is 8.21. The predicted molar refractivity (Wildman–Crippen MR) is 80.7 cm³/mol. The minimum Gasteiger partial charge on any atom is -0.314 e. The van der Waals surface area contributed by atoms with Crippen molar-refractivity contribution in [2.24, 2.45) is 13.0 Å². The standard InChI is InChI=1S/C13H21ClN4O2S/c1-17-13(12(14)9-16-17)21(19,20)18-6-4-11(5-7-18)15-8-10-2-3-10/h9-11,15H,2-8H2,1H3. The van der Waals surface area contributed by atoms with Gasteiger partial charge in [0.15, 0.2) is 5.03 Å². The van der Waals surface area contributed by atoms with E-state index in [-0.39, 0.29) is 10.0 Å². The van der Waals surface area contributed by atoms with E-state index in [9.17, 15) is 8.42 Å². The number of piperidine rings is 1. The summed E-state index contributed by atoms with van der Waals surface area (Å²) in [6.45, 7) is 2.14. The van der Waals surface area contributed by atoms with Crippen LogP contribution < -0.4 is 5.32 Å². The van der Waals surface area contributed by atoms with Crippen molar-refractivity contribution in [2.45, 2.75) is 36.8 Å². The molecule has 1 saturated carbocycles. The van der Waals surface area contributed by atoms with Crippen LogP contribution >= 0.6 is 11.6 Å². The first-order chi connectivity index (χ1) is 9.98. The first kappa shape index (κ1) is 15.3. The Balaban J connectivity index is 1.62. The highest BCUT2D eigenvalue weighted by Gasteiger charge is 2.33. The molecule has 2 heterocycles. The molecule has 118 valence electrons. The van der Waals surface area contributed by atoms with Crippen LogP contribution in [-0.2, 0) is 17.1 Å². The van der Waals surface area contributed by atoms with Gasteiger partial charge < -0.3 is 5.32 Å². The van der Waals surface area contributed by atoms with Crippen molar-refractivity contribution in [1.82, 2.24) is 19.4 Å². The Kier molecular flexibility index (Phi) is 4.27. The maximum absolute atomic E-state index is 12.6. The zero-order valence-corrected chi connectivity index (χ0v) is 13.7. The van der Waals surface area contributed by atoms with E-state index in [1.165, 1.54) is 28.0 Å². The Hall–Kier alpha value is -0.630. The second-order valence-electron chi connectivity index (χ2n) is 5.95. The zero-order valence-electron chi connectivity index (χ0n) is 12.1. The molecule has 0 amide bonds. The van der Waals surface area contributed by atoms with Crippen molar-refractivity contribution < 1.29 is 8.42 Å². The van der Waals surface area contributed by atoms with Crippen LogP contribution in [0.2, 0.25) is 5.02 Å². The number of halogens is 1. The fourth-order valence-electron chi connectivity index (χ4n) is 2.77. The normalized spacial score (nSPS) is 21.8. The van der Waals surface area contributed by atoms with E-state index in [0.29, 0.717) is 19.1 Å². The van der Waals surface area contributed by atoms with Gasteiger partial charge in [-0.25, -0.2) is 8.42 Å². The fourth-order valence-corrected chi connectivity index (χ4v) is 4.84. The SMILES string of the molecule is Cn1ncc(Cl)c1S(=O)(=O)N1CCC(NCC2CC2)CC1. The number of nitrogens with one attached hydrogen (secondary N) is 1. The molecule has 1 aromatic rings. The van der Waals surface area contributed by atoms with Crippen molar-refractivity contribution in [2.75, 3.05) is 19.6 Å². The minimum absolute atomic E-state index is 0.0913. The van der Waals surface area contributed by atoms with E-state index < -0.39 is 10.0 Å². The van der Waals surface area contributed by atoms with E-state index in [1.807, 2.05) is 0 Å². The first-order valence-corrected chi connectivity index (χ1v) is 9.21. The molecular formula is C13H21ClN4O2S. The highest BCUT2D eigenvalue weighted by atomic mass is 35.5. The van der Waals surface area contributed by atoms with Gasteiger partial charge in [0, 0.05) is 26.2 Å². The molecule has 3 rings (SSSR count). The van der Waals surface area contributed by atoms with Gasteiger partial charge in [0.25, 0.3) is 10.0 Å². The molecule has 0 bridgehead atoms. The summed E-state index contributed by atoms with van der Waals surface area (Å²) in [7, 11) is -1.95. The van der Waals surface area contributed by atoms with Crippen LogP contribution in [0.1, 0.15) is 25.7 Å². The molecule has 1 saturated heterocycles. The van der Waals surface area contributed by atoms with Crippen molar-refractivity contribution in [3.8, 4) is 0 Å². The molecule has 0 radical (unpaired) electrons. The number of aryl methyl sites for hydroxylation is 1. The van der Waals surface area contributed by atoms with E-state index in [1.54, 1.807) is 7.05 Å². The lowest BCUT2D eigenvalue weighted by molar-refractivity contribution is 0.286. The number of nitrogens with zero attached hydrogens (tertiary/aromatic N) is 3. The number of aromatic nitrogens is 2. The molecule has 0 spiro atoms. The average Bonchev–Trinajstić information content (AvgIpc) is 3.22. The summed E-state index contributed by atoms with van der Waals surface area (Å²) < 4.78 is 28.1. The number of sulfonamides is 1. The lowest BCUT2D eigenvalue weighted by Gasteiger charge is -2.31. The Labute approximate surface area is 130 Å². The first-order valence-electron chi connectivity index (χ1n) is 7.39. The Bertz CT molecular complexity index is 584. The molecule has 2 aliphatic rings. The lowest BCUT2D eigenvalue weighted by Crippen LogP contribution is -2.45. The van der Waals surface area contributed by atoms with Gasteiger partial charge in [-0.1, -0.05) is 11.6 Å². The van der Waals surface area contributed by atoms with Gasteiger partial charge in [0.1, 0.15) is 0 Å². The Morgan fingerprint density at radius 2 is 2.00 bits per heavy atom. The summed E-state index contributed by atoms with van der Waals surface area (Å²) in [5.74, 6) is 0.847.